The molecular formula is C16H13FN4O2S. The van der Waals surface area contributed by atoms with Crippen LogP contribution in [-0.2, 0) is 4.79 Å². The van der Waals surface area contributed by atoms with Gasteiger partial charge < -0.3 is 5.32 Å². The Bertz CT molecular complexity index is 908. The Balaban J connectivity index is 1.63. The van der Waals surface area contributed by atoms with Gasteiger partial charge in [-0.05, 0) is 30.3 Å². The summed E-state index contributed by atoms with van der Waals surface area (Å²) in [7, 11) is 0. The quantitative estimate of drug-likeness (QED) is 0.697. The molecule has 0 saturated carbocycles. The predicted octanol–water partition coefficient (Wildman–Crippen LogP) is 2.43. The Labute approximate surface area is 140 Å². The molecule has 0 fully saturated rings. The third-order valence-electron chi connectivity index (χ3n) is 3.05. The molecule has 122 valence electrons. The van der Waals surface area contributed by atoms with Crippen molar-refractivity contribution in [3.05, 3.63) is 70.9 Å². The zero-order valence-corrected chi connectivity index (χ0v) is 13.2. The van der Waals surface area contributed by atoms with Gasteiger partial charge in [0.2, 0.25) is 5.91 Å². The Morgan fingerprint density at radius 3 is 2.75 bits per heavy atom. The number of amides is 1. The van der Waals surface area contributed by atoms with Gasteiger partial charge in [0.05, 0.1) is 11.4 Å². The molecule has 1 amide bonds. The SMILES string of the molecule is O=C(CSc1nn(-c2ccccc2)c(=O)[nH]1)Nc1cccc(F)c1. The van der Waals surface area contributed by atoms with Crippen LogP contribution in [0.1, 0.15) is 0 Å². The average Bonchev–Trinajstić information content (AvgIpc) is 2.95. The average molecular weight is 344 g/mol. The van der Waals surface area contributed by atoms with Gasteiger partial charge in [-0.15, -0.1) is 5.10 Å². The number of para-hydroxylation sites is 1. The molecule has 6 nitrogen and oxygen atoms in total. The number of benzene rings is 2. The second kappa shape index (κ2) is 7.14. The fourth-order valence-electron chi connectivity index (χ4n) is 2.01. The molecule has 0 aliphatic carbocycles. The van der Waals surface area contributed by atoms with E-state index >= 15 is 0 Å². The van der Waals surface area contributed by atoms with Gasteiger partial charge in [-0.2, -0.15) is 4.68 Å². The molecule has 1 heterocycles. The first kappa shape index (κ1) is 16.0. The highest BCUT2D eigenvalue weighted by molar-refractivity contribution is 7.99. The maximum absolute atomic E-state index is 13.1. The van der Waals surface area contributed by atoms with E-state index in [0.29, 0.717) is 16.5 Å². The third kappa shape index (κ3) is 3.90. The standard InChI is InChI=1S/C16H13FN4O2S/c17-11-5-4-6-12(9-11)18-14(22)10-24-15-19-16(23)21(20-15)13-7-2-1-3-8-13/h1-9H,10H2,(H,18,22)(H,19,20,23). The molecule has 0 saturated heterocycles. The second-order valence-corrected chi connectivity index (χ2v) is 5.79. The molecule has 0 atom stereocenters. The molecular weight excluding hydrogens is 331 g/mol. The van der Waals surface area contributed by atoms with Crippen molar-refractivity contribution in [2.24, 2.45) is 0 Å². The normalized spacial score (nSPS) is 10.5. The Morgan fingerprint density at radius 2 is 2.00 bits per heavy atom. The summed E-state index contributed by atoms with van der Waals surface area (Å²) < 4.78 is 14.3. The summed E-state index contributed by atoms with van der Waals surface area (Å²) in [6, 6.07) is 14.6. The lowest BCUT2D eigenvalue weighted by molar-refractivity contribution is -0.113. The number of hydrogen-bond donors (Lipinski definition) is 2. The van der Waals surface area contributed by atoms with Crippen molar-refractivity contribution in [2.75, 3.05) is 11.1 Å². The van der Waals surface area contributed by atoms with Gasteiger partial charge in [-0.25, -0.2) is 9.18 Å². The molecule has 3 rings (SSSR count). The molecule has 2 N–H and O–H groups in total. The van der Waals surface area contributed by atoms with Crippen LogP contribution < -0.4 is 11.0 Å². The van der Waals surface area contributed by atoms with Crippen LogP contribution in [0.2, 0.25) is 0 Å². The van der Waals surface area contributed by atoms with E-state index in [-0.39, 0.29) is 17.3 Å². The number of thioether (sulfide) groups is 1. The van der Waals surface area contributed by atoms with Gasteiger partial charge >= 0.3 is 5.69 Å². The van der Waals surface area contributed by atoms with Crippen LogP contribution in [0.3, 0.4) is 0 Å². The molecule has 0 unspecified atom stereocenters. The van der Waals surface area contributed by atoms with Gasteiger partial charge in [0.25, 0.3) is 0 Å². The number of anilines is 1. The van der Waals surface area contributed by atoms with Crippen LogP contribution in [0.4, 0.5) is 10.1 Å². The summed E-state index contributed by atoms with van der Waals surface area (Å²) in [5.41, 5.74) is 0.632. The molecule has 0 radical (unpaired) electrons. The number of nitrogens with one attached hydrogen (secondary N) is 2. The number of rotatable bonds is 5. The van der Waals surface area contributed by atoms with Crippen molar-refractivity contribution in [2.45, 2.75) is 5.16 Å². The van der Waals surface area contributed by atoms with Crippen molar-refractivity contribution in [1.29, 1.82) is 0 Å². The zero-order chi connectivity index (χ0) is 16.9. The van der Waals surface area contributed by atoms with E-state index in [9.17, 15) is 14.0 Å². The Kier molecular flexibility index (Phi) is 4.76. The van der Waals surface area contributed by atoms with Crippen molar-refractivity contribution in [3.63, 3.8) is 0 Å². The zero-order valence-electron chi connectivity index (χ0n) is 12.4. The van der Waals surface area contributed by atoms with E-state index < -0.39 is 5.82 Å². The second-order valence-electron chi connectivity index (χ2n) is 4.83. The van der Waals surface area contributed by atoms with Crippen LogP contribution in [0.25, 0.3) is 5.69 Å². The number of carbonyl (C=O) groups excluding carboxylic acids is 1. The Morgan fingerprint density at radius 1 is 1.21 bits per heavy atom. The number of carbonyl (C=O) groups is 1. The maximum Gasteiger partial charge on any atom is 0.348 e. The van der Waals surface area contributed by atoms with E-state index in [2.05, 4.69) is 15.4 Å². The van der Waals surface area contributed by atoms with E-state index in [0.717, 1.165) is 11.8 Å². The third-order valence-corrected chi connectivity index (χ3v) is 3.91. The Hall–Kier alpha value is -2.87. The van der Waals surface area contributed by atoms with Crippen molar-refractivity contribution < 1.29 is 9.18 Å². The number of aromatic amines is 1. The number of aromatic nitrogens is 3. The largest absolute Gasteiger partial charge is 0.348 e. The van der Waals surface area contributed by atoms with E-state index in [1.165, 1.54) is 22.9 Å². The summed E-state index contributed by atoms with van der Waals surface area (Å²) in [5, 5.41) is 7.06. The minimum absolute atomic E-state index is 0.0399. The molecule has 8 heteroatoms. The summed E-state index contributed by atoms with van der Waals surface area (Å²) in [6.45, 7) is 0. The highest BCUT2D eigenvalue weighted by Crippen LogP contribution is 2.14. The van der Waals surface area contributed by atoms with Crippen molar-refractivity contribution in [1.82, 2.24) is 14.8 Å². The van der Waals surface area contributed by atoms with Crippen molar-refractivity contribution in [3.8, 4) is 5.69 Å². The first-order valence-corrected chi connectivity index (χ1v) is 8.03. The first-order chi connectivity index (χ1) is 11.6. The minimum atomic E-state index is -0.425. The minimum Gasteiger partial charge on any atom is -0.325 e. The molecule has 3 aromatic rings. The summed E-state index contributed by atoms with van der Waals surface area (Å²) in [6.07, 6.45) is 0. The fraction of sp³-hybridized carbons (Fsp3) is 0.0625. The molecule has 0 bridgehead atoms. The maximum atomic E-state index is 13.1. The molecule has 0 spiro atoms. The van der Waals surface area contributed by atoms with Crippen LogP contribution in [0.5, 0.6) is 0 Å². The van der Waals surface area contributed by atoms with Crippen LogP contribution in [0.15, 0.2) is 64.5 Å². The van der Waals surface area contributed by atoms with Crippen LogP contribution in [-0.4, -0.2) is 26.4 Å². The van der Waals surface area contributed by atoms with Gasteiger partial charge in [-0.1, -0.05) is 36.0 Å². The number of nitrogens with zero attached hydrogens (tertiary/aromatic N) is 2. The molecule has 0 aliphatic rings. The first-order valence-electron chi connectivity index (χ1n) is 7.05. The number of hydrogen-bond acceptors (Lipinski definition) is 4. The highest BCUT2D eigenvalue weighted by atomic mass is 32.2. The van der Waals surface area contributed by atoms with Gasteiger partial charge in [0, 0.05) is 5.69 Å². The molecule has 1 aromatic heterocycles. The van der Waals surface area contributed by atoms with Crippen molar-refractivity contribution >= 4 is 23.4 Å². The summed E-state index contributed by atoms with van der Waals surface area (Å²) >= 11 is 1.09. The van der Waals surface area contributed by atoms with Crippen LogP contribution >= 0.6 is 11.8 Å². The number of halogens is 1. The van der Waals surface area contributed by atoms with E-state index in [4.69, 9.17) is 0 Å². The lowest BCUT2D eigenvalue weighted by Gasteiger charge is -2.03. The molecule has 24 heavy (non-hydrogen) atoms. The predicted molar refractivity (Wildman–Crippen MR) is 89.9 cm³/mol. The van der Waals surface area contributed by atoms with Crippen LogP contribution in [0, 0.1) is 5.82 Å². The number of H-pyrrole nitrogens is 1. The molecule has 2 aromatic carbocycles. The van der Waals surface area contributed by atoms with E-state index in [1.807, 2.05) is 6.07 Å². The summed E-state index contributed by atoms with van der Waals surface area (Å²) in [5.74, 6) is -0.703. The smallest absolute Gasteiger partial charge is 0.325 e. The summed E-state index contributed by atoms with van der Waals surface area (Å²) in [4.78, 5) is 26.4. The van der Waals surface area contributed by atoms with E-state index in [1.54, 1.807) is 30.3 Å². The van der Waals surface area contributed by atoms with Gasteiger partial charge in [0.15, 0.2) is 5.16 Å². The fourth-order valence-corrected chi connectivity index (χ4v) is 2.65. The molecule has 0 aliphatic heterocycles. The lowest BCUT2D eigenvalue weighted by Crippen LogP contribution is -2.15. The van der Waals surface area contributed by atoms with Gasteiger partial charge in [-0.3, -0.25) is 9.78 Å². The monoisotopic (exact) mass is 344 g/mol. The highest BCUT2D eigenvalue weighted by Gasteiger charge is 2.10. The topological polar surface area (TPSA) is 79.8 Å². The van der Waals surface area contributed by atoms with Gasteiger partial charge in [0.1, 0.15) is 5.82 Å². The lowest BCUT2D eigenvalue weighted by atomic mass is 10.3.